The quantitative estimate of drug-likeness (QED) is 0.698. The first-order valence-corrected chi connectivity index (χ1v) is 5.09. The lowest BCUT2D eigenvalue weighted by Crippen LogP contribution is -2.38. The third-order valence-corrected chi connectivity index (χ3v) is 3.35. The number of amides is 1. The van der Waals surface area contributed by atoms with Crippen LogP contribution in [0.4, 0.5) is 0 Å². The summed E-state index contributed by atoms with van der Waals surface area (Å²) in [4.78, 5) is 11.2. The van der Waals surface area contributed by atoms with Gasteiger partial charge in [0, 0.05) is 5.41 Å². The Labute approximate surface area is 80.9 Å². The number of primary amides is 1. The second-order valence-electron chi connectivity index (χ2n) is 4.81. The average molecular weight is 182 g/mol. The molecule has 0 aromatic carbocycles. The molecule has 75 valence electrons. The largest absolute Gasteiger partial charge is 0.369 e. The van der Waals surface area contributed by atoms with E-state index in [0.717, 1.165) is 19.3 Å². The number of hydrogen-bond acceptors (Lipinski definition) is 1. The van der Waals surface area contributed by atoms with E-state index in [1.807, 2.05) is 6.92 Å². The summed E-state index contributed by atoms with van der Waals surface area (Å²) in [6.45, 7) is 6.44. The minimum Gasteiger partial charge on any atom is -0.369 e. The predicted octanol–water partition coefficient (Wildman–Crippen LogP) is 2.14. The lowest BCUT2D eigenvalue weighted by atomic mass is 9.69. The molecule has 0 aromatic heterocycles. The maximum atomic E-state index is 11.2. The molecule has 1 radical (unpaired) electrons. The highest BCUT2D eigenvalue weighted by atomic mass is 16.1. The molecule has 0 heterocycles. The van der Waals surface area contributed by atoms with Crippen LogP contribution < -0.4 is 5.73 Å². The van der Waals surface area contributed by atoms with Crippen LogP contribution in [0.5, 0.6) is 0 Å². The van der Waals surface area contributed by atoms with E-state index in [-0.39, 0.29) is 11.3 Å². The summed E-state index contributed by atoms with van der Waals surface area (Å²) in [6, 6.07) is 0. The molecule has 13 heavy (non-hydrogen) atoms. The van der Waals surface area contributed by atoms with Crippen molar-refractivity contribution in [3.8, 4) is 0 Å². The van der Waals surface area contributed by atoms with Crippen molar-refractivity contribution in [1.82, 2.24) is 0 Å². The average Bonchev–Trinajstić information content (AvgIpc) is 2.04. The number of carbonyl (C=O) groups excluding carboxylic acids is 1. The van der Waals surface area contributed by atoms with Gasteiger partial charge in [-0.2, -0.15) is 0 Å². The molecule has 0 spiro atoms. The zero-order valence-electron chi connectivity index (χ0n) is 8.84. The topological polar surface area (TPSA) is 43.1 Å². The first-order chi connectivity index (χ1) is 5.96. The Kier molecular flexibility index (Phi) is 2.99. The molecule has 1 fully saturated rings. The van der Waals surface area contributed by atoms with Crippen LogP contribution in [0.2, 0.25) is 0 Å². The molecule has 2 heteroatoms. The van der Waals surface area contributed by atoms with Crippen molar-refractivity contribution in [2.45, 2.75) is 40.0 Å². The summed E-state index contributed by atoms with van der Waals surface area (Å²) < 4.78 is 0. The maximum Gasteiger partial charge on any atom is 0.223 e. The molecule has 0 bridgehead atoms. The Morgan fingerprint density at radius 1 is 1.62 bits per heavy atom. The fourth-order valence-electron chi connectivity index (χ4n) is 1.95. The van der Waals surface area contributed by atoms with E-state index >= 15 is 0 Å². The highest BCUT2D eigenvalue weighted by molar-refractivity contribution is 5.80. The summed E-state index contributed by atoms with van der Waals surface area (Å²) in [5, 5.41) is 0. The van der Waals surface area contributed by atoms with Crippen LogP contribution in [0, 0.1) is 23.7 Å². The zero-order chi connectivity index (χ0) is 10.1. The summed E-state index contributed by atoms with van der Waals surface area (Å²) in [5.74, 6) is 1.22. The van der Waals surface area contributed by atoms with Gasteiger partial charge >= 0.3 is 0 Å². The van der Waals surface area contributed by atoms with Gasteiger partial charge in [-0.25, -0.2) is 0 Å². The summed E-state index contributed by atoms with van der Waals surface area (Å²) in [6.07, 6.45) is 5.18. The lowest BCUT2D eigenvalue weighted by Gasteiger charge is -2.36. The highest BCUT2D eigenvalue weighted by Crippen LogP contribution is 2.40. The molecule has 0 unspecified atom stereocenters. The first kappa shape index (κ1) is 10.6. The van der Waals surface area contributed by atoms with Gasteiger partial charge in [0.05, 0.1) is 0 Å². The van der Waals surface area contributed by atoms with E-state index in [4.69, 9.17) is 5.73 Å². The van der Waals surface area contributed by atoms with Crippen LogP contribution >= 0.6 is 0 Å². The molecule has 0 saturated heterocycles. The van der Waals surface area contributed by atoms with Gasteiger partial charge < -0.3 is 5.73 Å². The van der Waals surface area contributed by atoms with Gasteiger partial charge in [-0.05, 0) is 37.5 Å². The Morgan fingerprint density at radius 3 is 2.54 bits per heavy atom. The van der Waals surface area contributed by atoms with Crippen molar-refractivity contribution in [2.24, 2.45) is 23.0 Å². The Bertz CT molecular complexity index is 190. The smallest absolute Gasteiger partial charge is 0.223 e. The van der Waals surface area contributed by atoms with Crippen LogP contribution in [0.15, 0.2) is 0 Å². The van der Waals surface area contributed by atoms with Crippen molar-refractivity contribution in [2.75, 3.05) is 0 Å². The van der Waals surface area contributed by atoms with E-state index in [1.54, 1.807) is 0 Å². The number of hydrogen-bond donors (Lipinski definition) is 1. The van der Waals surface area contributed by atoms with Crippen LogP contribution in [0.3, 0.4) is 0 Å². The van der Waals surface area contributed by atoms with Crippen LogP contribution in [0.1, 0.15) is 40.0 Å². The molecule has 1 rings (SSSR count). The van der Waals surface area contributed by atoms with Crippen molar-refractivity contribution < 1.29 is 4.79 Å². The third kappa shape index (κ3) is 2.23. The van der Waals surface area contributed by atoms with Crippen molar-refractivity contribution >= 4 is 5.91 Å². The Balaban J connectivity index is 2.51. The second-order valence-corrected chi connectivity index (χ2v) is 4.81. The molecule has 1 aliphatic carbocycles. The predicted molar refractivity (Wildman–Crippen MR) is 53.8 cm³/mol. The Hall–Kier alpha value is -0.530. The first-order valence-electron chi connectivity index (χ1n) is 5.09. The monoisotopic (exact) mass is 182 g/mol. The molecule has 0 aliphatic heterocycles. The highest BCUT2D eigenvalue weighted by Gasteiger charge is 2.36. The minimum atomic E-state index is -0.272. The van der Waals surface area contributed by atoms with E-state index in [0.29, 0.717) is 11.8 Å². The van der Waals surface area contributed by atoms with Crippen LogP contribution in [0.25, 0.3) is 0 Å². The maximum absolute atomic E-state index is 11.2. The zero-order valence-corrected chi connectivity index (χ0v) is 8.84. The van der Waals surface area contributed by atoms with Crippen molar-refractivity contribution in [1.29, 1.82) is 0 Å². The molecule has 0 aromatic rings. The molecule has 1 amide bonds. The summed E-state index contributed by atoms with van der Waals surface area (Å²) >= 11 is 0. The van der Waals surface area contributed by atoms with E-state index < -0.39 is 0 Å². The number of rotatable bonds is 2. The fourth-order valence-corrected chi connectivity index (χ4v) is 1.95. The molecule has 2 nitrogen and oxygen atoms in total. The van der Waals surface area contributed by atoms with Crippen molar-refractivity contribution in [3.05, 3.63) is 6.42 Å². The van der Waals surface area contributed by atoms with E-state index in [9.17, 15) is 4.79 Å². The summed E-state index contributed by atoms with van der Waals surface area (Å²) in [7, 11) is 0. The van der Waals surface area contributed by atoms with Crippen molar-refractivity contribution in [3.63, 3.8) is 0 Å². The lowest BCUT2D eigenvalue weighted by molar-refractivity contribution is -0.128. The van der Waals surface area contributed by atoms with Gasteiger partial charge in [0.25, 0.3) is 0 Å². The molecular weight excluding hydrogens is 162 g/mol. The Morgan fingerprint density at radius 2 is 2.23 bits per heavy atom. The third-order valence-electron chi connectivity index (χ3n) is 3.35. The second kappa shape index (κ2) is 3.69. The minimum absolute atomic E-state index is 0.147. The summed E-state index contributed by atoms with van der Waals surface area (Å²) in [5.41, 5.74) is 5.09. The van der Waals surface area contributed by atoms with Gasteiger partial charge in [0.15, 0.2) is 0 Å². The van der Waals surface area contributed by atoms with Gasteiger partial charge in [-0.3, -0.25) is 4.79 Å². The molecule has 2 N–H and O–H groups in total. The molecule has 1 aliphatic rings. The van der Waals surface area contributed by atoms with Crippen LogP contribution in [-0.4, -0.2) is 5.91 Å². The van der Waals surface area contributed by atoms with E-state index in [1.165, 1.54) is 0 Å². The van der Waals surface area contributed by atoms with Gasteiger partial charge in [0.2, 0.25) is 5.91 Å². The normalized spacial score (nSPS) is 34.9. The van der Waals surface area contributed by atoms with Gasteiger partial charge in [-0.1, -0.05) is 20.8 Å². The van der Waals surface area contributed by atoms with Crippen LogP contribution in [-0.2, 0) is 4.79 Å². The molecule has 2 atom stereocenters. The standard InChI is InChI=1S/C11H20NO/c1-8(2)9-4-6-11(3,7-5-9)10(12)13/h4,8-9H,5-7H2,1-3H3,(H2,12,13)/t9-,11+/m0/s1. The molecular formula is C11H20NO. The number of carbonyl (C=O) groups is 1. The van der Waals surface area contributed by atoms with Gasteiger partial charge in [-0.15, -0.1) is 0 Å². The number of nitrogens with two attached hydrogens (primary N) is 1. The van der Waals surface area contributed by atoms with Gasteiger partial charge in [0.1, 0.15) is 0 Å². The van der Waals surface area contributed by atoms with E-state index in [2.05, 4.69) is 20.3 Å². The molecule has 1 saturated carbocycles. The fraction of sp³-hybridized carbons (Fsp3) is 0.818. The SMILES string of the molecule is CC(C)[C@H]1[CH]C[C@@](C)(C(N)=O)CC1.